The first kappa shape index (κ1) is 21.5. The molecule has 2 atom stereocenters. The monoisotopic (exact) mass is 458 g/mol. The van der Waals surface area contributed by atoms with E-state index in [2.05, 4.69) is 40.5 Å². The lowest BCUT2D eigenvalue weighted by molar-refractivity contribution is -0.136. The number of benzene rings is 2. The Morgan fingerprint density at radius 1 is 1.03 bits per heavy atom. The van der Waals surface area contributed by atoms with Gasteiger partial charge in [-0.25, -0.2) is 0 Å². The van der Waals surface area contributed by atoms with Crippen molar-refractivity contribution in [2.24, 2.45) is 11.1 Å². The fourth-order valence-corrected chi connectivity index (χ4v) is 6.45. The van der Waals surface area contributed by atoms with Crippen LogP contribution in [0, 0.1) is 5.41 Å². The maximum atomic E-state index is 12.9. The van der Waals surface area contributed by atoms with Gasteiger partial charge in [-0.3, -0.25) is 24.6 Å². The summed E-state index contributed by atoms with van der Waals surface area (Å²) in [5.74, 6) is -0.753. The molecule has 0 aromatic heterocycles. The van der Waals surface area contributed by atoms with Gasteiger partial charge in [0.25, 0.3) is 5.91 Å². The largest absolute Gasteiger partial charge is 0.323 e. The van der Waals surface area contributed by atoms with Crippen molar-refractivity contribution in [2.45, 2.75) is 57.3 Å². The van der Waals surface area contributed by atoms with E-state index in [1.54, 1.807) is 4.90 Å². The van der Waals surface area contributed by atoms with Crippen molar-refractivity contribution >= 4 is 17.7 Å². The molecule has 3 heterocycles. The first-order chi connectivity index (χ1) is 16.4. The van der Waals surface area contributed by atoms with E-state index in [0.717, 1.165) is 44.5 Å². The summed E-state index contributed by atoms with van der Waals surface area (Å²) < 4.78 is 0. The summed E-state index contributed by atoms with van der Waals surface area (Å²) in [6, 6.07) is 14.2. The van der Waals surface area contributed by atoms with E-state index in [-0.39, 0.29) is 35.6 Å². The number of rotatable bonds is 3. The number of nitrogens with zero attached hydrogens (tertiary/aromatic N) is 2. The standard InChI is InChI=1S/C27H30N4O3/c28-24-20-4-2-1-3-18(20)14-27(24)9-11-30(12-10-27)15-17-5-6-21-19(13-17)16-31(26(21)34)22-7-8-23(32)29-25(22)33/h1-6,13,22,24H,7-12,14-16,28H2,(H,29,32,33). The second-order valence-electron chi connectivity index (χ2n) is 10.4. The van der Waals surface area contributed by atoms with Crippen LogP contribution in [0.25, 0.3) is 0 Å². The molecule has 34 heavy (non-hydrogen) atoms. The SMILES string of the molecule is NC1c2ccccc2CC12CCN(Cc1ccc3c(c1)CN(C1CCC(=O)NC1=O)C3=O)CC2. The lowest BCUT2D eigenvalue weighted by Gasteiger charge is -2.42. The first-order valence-corrected chi connectivity index (χ1v) is 12.3. The van der Waals surface area contributed by atoms with Crippen molar-refractivity contribution in [3.8, 4) is 0 Å². The molecule has 0 radical (unpaired) electrons. The highest BCUT2D eigenvalue weighted by molar-refractivity contribution is 6.05. The van der Waals surface area contributed by atoms with Gasteiger partial charge in [0, 0.05) is 31.1 Å². The van der Waals surface area contributed by atoms with Gasteiger partial charge >= 0.3 is 0 Å². The third-order valence-corrected chi connectivity index (χ3v) is 8.44. The summed E-state index contributed by atoms with van der Waals surface area (Å²) in [4.78, 5) is 40.8. The number of hydrogen-bond donors (Lipinski definition) is 2. The normalized spacial score (nSPS) is 26.0. The number of carbonyl (C=O) groups excluding carboxylic acids is 3. The number of amides is 3. The van der Waals surface area contributed by atoms with E-state index in [4.69, 9.17) is 5.73 Å². The molecule has 6 rings (SSSR count). The zero-order valence-corrected chi connectivity index (χ0v) is 19.3. The first-order valence-electron chi connectivity index (χ1n) is 12.3. The molecule has 176 valence electrons. The molecule has 1 aliphatic carbocycles. The summed E-state index contributed by atoms with van der Waals surface area (Å²) in [5, 5.41) is 2.36. The maximum absolute atomic E-state index is 12.9. The third-order valence-electron chi connectivity index (χ3n) is 8.44. The molecule has 2 aromatic rings. The lowest BCUT2D eigenvalue weighted by atomic mass is 9.73. The van der Waals surface area contributed by atoms with Gasteiger partial charge < -0.3 is 10.6 Å². The predicted molar refractivity (Wildman–Crippen MR) is 127 cm³/mol. The highest BCUT2D eigenvalue weighted by Crippen LogP contribution is 2.50. The summed E-state index contributed by atoms with van der Waals surface area (Å²) >= 11 is 0. The van der Waals surface area contributed by atoms with Crippen LogP contribution in [0.1, 0.15) is 64.3 Å². The molecule has 2 unspecified atom stereocenters. The highest BCUT2D eigenvalue weighted by atomic mass is 16.2. The zero-order valence-electron chi connectivity index (χ0n) is 19.3. The number of nitrogens with one attached hydrogen (secondary N) is 1. The molecular weight excluding hydrogens is 428 g/mol. The Balaban J connectivity index is 1.11. The van der Waals surface area contributed by atoms with Crippen LogP contribution in [0.3, 0.4) is 0 Å². The second kappa shape index (κ2) is 8.03. The molecule has 7 nitrogen and oxygen atoms in total. The number of hydrogen-bond acceptors (Lipinski definition) is 5. The number of fused-ring (bicyclic) bond motifs is 2. The number of imide groups is 1. The average Bonchev–Trinajstić information content (AvgIpc) is 3.29. The number of piperidine rings is 2. The fraction of sp³-hybridized carbons (Fsp3) is 0.444. The van der Waals surface area contributed by atoms with Crippen LogP contribution >= 0.6 is 0 Å². The Hall–Kier alpha value is -3.03. The second-order valence-corrected chi connectivity index (χ2v) is 10.4. The van der Waals surface area contributed by atoms with Gasteiger partial charge in [-0.05, 0) is 72.5 Å². The topological polar surface area (TPSA) is 95.7 Å². The maximum Gasteiger partial charge on any atom is 0.255 e. The van der Waals surface area contributed by atoms with Crippen molar-refractivity contribution in [2.75, 3.05) is 13.1 Å². The van der Waals surface area contributed by atoms with Crippen LogP contribution in [-0.4, -0.2) is 46.7 Å². The molecule has 7 heteroatoms. The highest BCUT2D eigenvalue weighted by Gasteiger charge is 2.45. The Kier molecular flexibility index (Phi) is 5.08. The summed E-state index contributed by atoms with van der Waals surface area (Å²) in [6.45, 7) is 3.29. The van der Waals surface area contributed by atoms with E-state index in [9.17, 15) is 14.4 Å². The number of carbonyl (C=O) groups is 3. The molecule has 2 fully saturated rings. The van der Waals surface area contributed by atoms with Crippen LogP contribution < -0.4 is 11.1 Å². The van der Waals surface area contributed by atoms with Gasteiger partial charge in [0.1, 0.15) is 6.04 Å². The van der Waals surface area contributed by atoms with Gasteiger partial charge in [0.15, 0.2) is 0 Å². The molecule has 1 spiro atoms. The van der Waals surface area contributed by atoms with Crippen molar-refractivity contribution in [1.82, 2.24) is 15.1 Å². The van der Waals surface area contributed by atoms with E-state index in [1.165, 1.54) is 16.7 Å². The minimum absolute atomic E-state index is 0.120. The van der Waals surface area contributed by atoms with Crippen molar-refractivity contribution in [1.29, 1.82) is 0 Å². The van der Waals surface area contributed by atoms with Crippen molar-refractivity contribution in [3.63, 3.8) is 0 Å². The molecule has 3 N–H and O–H groups in total. The van der Waals surface area contributed by atoms with Gasteiger partial charge in [0.05, 0.1) is 0 Å². The Labute approximate surface area is 199 Å². The average molecular weight is 459 g/mol. The number of nitrogens with two attached hydrogens (primary N) is 1. The fourth-order valence-electron chi connectivity index (χ4n) is 6.45. The molecule has 2 aromatic carbocycles. The van der Waals surface area contributed by atoms with Crippen molar-refractivity contribution in [3.05, 3.63) is 70.3 Å². The van der Waals surface area contributed by atoms with Crippen LogP contribution in [0.5, 0.6) is 0 Å². The van der Waals surface area contributed by atoms with Gasteiger partial charge in [-0.2, -0.15) is 0 Å². The van der Waals surface area contributed by atoms with E-state index in [1.807, 2.05) is 12.1 Å². The van der Waals surface area contributed by atoms with Crippen LogP contribution in [0.15, 0.2) is 42.5 Å². The third kappa shape index (κ3) is 3.46. The summed E-state index contributed by atoms with van der Waals surface area (Å²) in [6.07, 6.45) is 3.92. The van der Waals surface area contributed by atoms with Crippen LogP contribution in [0.2, 0.25) is 0 Å². The molecule has 2 saturated heterocycles. The Morgan fingerprint density at radius 3 is 2.59 bits per heavy atom. The molecule has 4 aliphatic rings. The molecule has 0 saturated carbocycles. The molecular formula is C27H30N4O3. The Morgan fingerprint density at radius 2 is 1.82 bits per heavy atom. The van der Waals surface area contributed by atoms with E-state index >= 15 is 0 Å². The molecule has 0 bridgehead atoms. The number of likely N-dealkylation sites (tertiary alicyclic amines) is 1. The van der Waals surface area contributed by atoms with Gasteiger partial charge in [0.2, 0.25) is 11.8 Å². The van der Waals surface area contributed by atoms with Gasteiger partial charge in [-0.1, -0.05) is 36.4 Å². The Bertz CT molecular complexity index is 1180. The summed E-state index contributed by atoms with van der Waals surface area (Å²) in [7, 11) is 0. The smallest absolute Gasteiger partial charge is 0.255 e. The molecule has 3 amide bonds. The molecule has 3 aliphatic heterocycles. The van der Waals surface area contributed by atoms with Gasteiger partial charge in [-0.15, -0.1) is 0 Å². The minimum atomic E-state index is -0.570. The minimum Gasteiger partial charge on any atom is -0.323 e. The lowest BCUT2D eigenvalue weighted by Crippen LogP contribution is -2.52. The van der Waals surface area contributed by atoms with Crippen LogP contribution in [-0.2, 0) is 29.1 Å². The van der Waals surface area contributed by atoms with Crippen LogP contribution in [0.4, 0.5) is 0 Å². The zero-order chi connectivity index (χ0) is 23.4. The summed E-state index contributed by atoms with van der Waals surface area (Å²) in [5.41, 5.74) is 12.4. The van der Waals surface area contributed by atoms with Crippen molar-refractivity contribution < 1.29 is 14.4 Å². The van der Waals surface area contributed by atoms with E-state index in [0.29, 0.717) is 18.5 Å². The quantitative estimate of drug-likeness (QED) is 0.688. The predicted octanol–water partition coefficient (Wildman–Crippen LogP) is 2.29. The van der Waals surface area contributed by atoms with E-state index < -0.39 is 6.04 Å².